The van der Waals surface area contributed by atoms with Gasteiger partial charge in [0.25, 0.3) is 0 Å². The molecule has 13 heavy (non-hydrogen) atoms. The molecule has 0 fully saturated rings. The van der Waals surface area contributed by atoms with E-state index in [2.05, 4.69) is 10.2 Å². The van der Waals surface area contributed by atoms with Gasteiger partial charge in [-0.25, -0.2) is 4.39 Å². The van der Waals surface area contributed by atoms with Crippen LogP contribution < -0.4 is 0 Å². The number of rotatable bonds is 1. The van der Waals surface area contributed by atoms with Crippen molar-refractivity contribution in [1.29, 1.82) is 0 Å². The van der Waals surface area contributed by atoms with Gasteiger partial charge in [0.1, 0.15) is 5.82 Å². The van der Waals surface area contributed by atoms with Crippen molar-refractivity contribution in [1.82, 2.24) is 10.2 Å². The SMILES string of the molecule is Fc1ccc(CCl)c2cnncc12. The Labute approximate surface area is 79.4 Å². The highest BCUT2D eigenvalue weighted by Crippen LogP contribution is 2.21. The normalized spacial score (nSPS) is 10.6. The maximum atomic E-state index is 13.2. The molecule has 66 valence electrons. The van der Waals surface area contributed by atoms with Crippen molar-refractivity contribution in [3.63, 3.8) is 0 Å². The molecule has 0 saturated carbocycles. The highest BCUT2D eigenvalue weighted by atomic mass is 35.5. The second kappa shape index (κ2) is 3.26. The zero-order valence-corrected chi connectivity index (χ0v) is 7.42. The number of aromatic nitrogens is 2. The maximum absolute atomic E-state index is 13.2. The largest absolute Gasteiger partial charge is 0.206 e. The Balaban J connectivity index is 2.84. The van der Waals surface area contributed by atoms with E-state index in [0.29, 0.717) is 11.3 Å². The molecule has 0 bridgehead atoms. The van der Waals surface area contributed by atoms with Crippen molar-refractivity contribution in [3.8, 4) is 0 Å². The number of fused-ring (bicyclic) bond motifs is 1. The van der Waals surface area contributed by atoms with Crippen LogP contribution in [0.15, 0.2) is 24.5 Å². The highest BCUT2D eigenvalue weighted by Gasteiger charge is 2.04. The van der Waals surface area contributed by atoms with Gasteiger partial charge in [-0.15, -0.1) is 11.6 Å². The Hall–Kier alpha value is -1.22. The maximum Gasteiger partial charge on any atom is 0.132 e. The molecule has 2 aromatic rings. The molecular weight excluding hydrogens is 191 g/mol. The van der Waals surface area contributed by atoms with Gasteiger partial charge in [0.2, 0.25) is 0 Å². The van der Waals surface area contributed by atoms with E-state index in [1.807, 2.05) is 0 Å². The summed E-state index contributed by atoms with van der Waals surface area (Å²) in [6.45, 7) is 0. The minimum absolute atomic E-state index is 0.293. The van der Waals surface area contributed by atoms with Crippen molar-refractivity contribution >= 4 is 22.4 Å². The third kappa shape index (κ3) is 1.35. The first kappa shape index (κ1) is 8.38. The zero-order valence-electron chi connectivity index (χ0n) is 6.67. The molecular formula is C9H6ClFN2. The van der Waals surface area contributed by atoms with Crippen molar-refractivity contribution < 1.29 is 4.39 Å². The summed E-state index contributed by atoms with van der Waals surface area (Å²) in [6.07, 6.45) is 2.93. The number of alkyl halides is 1. The van der Waals surface area contributed by atoms with Gasteiger partial charge in [-0.05, 0) is 11.6 Å². The summed E-state index contributed by atoms with van der Waals surface area (Å²) in [5, 5.41) is 8.50. The van der Waals surface area contributed by atoms with Gasteiger partial charge in [-0.2, -0.15) is 10.2 Å². The van der Waals surface area contributed by atoms with Crippen LogP contribution in [0.25, 0.3) is 10.8 Å². The van der Waals surface area contributed by atoms with E-state index >= 15 is 0 Å². The molecule has 0 atom stereocenters. The lowest BCUT2D eigenvalue weighted by atomic mass is 10.1. The van der Waals surface area contributed by atoms with Gasteiger partial charge in [0.05, 0.1) is 12.4 Å². The molecule has 2 nitrogen and oxygen atoms in total. The fraction of sp³-hybridized carbons (Fsp3) is 0.111. The second-order valence-electron chi connectivity index (χ2n) is 2.66. The molecule has 0 aliphatic heterocycles. The van der Waals surface area contributed by atoms with Crippen LogP contribution in [0.5, 0.6) is 0 Å². The van der Waals surface area contributed by atoms with E-state index < -0.39 is 0 Å². The molecule has 0 N–H and O–H groups in total. The molecule has 1 aromatic heterocycles. The lowest BCUT2D eigenvalue weighted by molar-refractivity contribution is 0.638. The second-order valence-corrected chi connectivity index (χ2v) is 2.92. The highest BCUT2D eigenvalue weighted by molar-refractivity contribution is 6.18. The first-order valence-electron chi connectivity index (χ1n) is 3.76. The van der Waals surface area contributed by atoms with Gasteiger partial charge in [-0.1, -0.05) is 6.07 Å². The van der Waals surface area contributed by atoms with Crippen LogP contribution in [0, 0.1) is 5.82 Å². The number of halogens is 2. The summed E-state index contributed by atoms with van der Waals surface area (Å²) in [4.78, 5) is 0. The average molecular weight is 197 g/mol. The van der Waals surface area contributed by atoms with Crippen molar-refractivity contribution in [2.45, 2.75) is 5.88 Å². The van der Waals surface area contributed by atoms with Crippen LogP contribution in [0.3, 0.4) is 0 Å². The van der Waals surface area contributed by atoms with E-state index in [4.69, 9.17) is 11.6 Å². The fourth-order valence-corrected chi connectivity index (χ4v) is 1.47. The molecule has 0 spiro atoms. The summed E-state index contributed by atoms with van der Waals surface area (Å²) in [5.41, 5.74) is 0.868. The number of benzene rings is 1. The third-order valence-electron chi connectivity index (χ3n) is 1.91. The standard InChI is InChI=1S/C9H6ClFN2/c10-3-6-1-2-9(11)8-5-13-12-4-7(6)8/h1-2,4-5H,3H2. The van der Waals surface area contributed by atoms with E-state index in [0.717, 1.165) is 10.9 Å². The van der Waals surface area contributed by atoms with E-state index in [9.17, 15) is 4.39 Å². The molecule has 0 aliphatic carbocycles. The quantitative estimate of drug-likeness (QED) is 0.655. The molecule has 0 amide bonds. The Morgan fingerprint density at radius 3 is 2.54 bits per heavy atom. The summed E-state index contributed by atoms with van der Waals surface area (Å²) >= 11 is 5.69. The predicted octanol–water partition coefficient (Wildman–Crippen LogP) is 2.51. The van der Waals surface area contributed by atoms with E-state index in [1.165, 1.54) is 18.5 Å². The number of nitrogens with zero attached hydrogens (tertiary/aromatic N) is 2. The summed E-state index contributed by atoms with van der Waals surface area (Å²) in [7, 11) is 0. The van der Waals surface area contributed by atoms with Gasteiger partial charge in [0, 0.05) is 16.7 Å². The first-order valence-corrected chi connectivity index (χ1v) is 4.30. The third-order valence-corrected chi connectivity index (χ3v) is 2.20. The Kier molecular flexibility index (Phi) is 2.10. The van der Waals surface area contributed by atoms with Crippen molar-refractivity contribution in [2.75, 3.05) is 0 Å². The lowest BCUT2D eigenvalue weighted by Gasteiger charge is -2.02. The van der Waals surface area contributed by atoms with E-state index in [1.54, 1.807) is 6.07 Å². The smallest absolute Gasteiger partial charge is 0.132 e. The van der Waals surface area contributed by atoms with Crippen LogP contribution in [-0.4, -0.2) is 10.2 Å². The van der Waals surface area contributed by atoms with Crippen LogP contribution in [-0.2, 0) is 5.88 Å². The topological polar surface area (TPSA) is 25.8 Å². The van der Waals surface area contributed by atoms with Crippen LogP contribution >= 0.6 is 11.6 Å². The Morgan fingerprint density at radius 1 is 1.15 bits per heavy atom. The van der Waals surface area contributed by atoms with Gasteiger partial charge in [0.15, 0.2) is 0 Å². The van der Waals surface area contributed by atoms with E-state index in [-0.39, 0.29) is 5.82 Å². The lowest BCUT2D eigenvalue weighted by Crippen LogP contribution is -1.89. The first-order chi connectivity index (χ1) is 6.33. The minimum Gasteiger partial charge on any atom is -0.206 e. The number of hydrogen-bond donors (Lipinski definition) is 0. The average Bonchev–Trinajstić information content (AvgIpc) is 2.19. The fourth-order valence-electron chi connectivity index (χ4n) is 1.24. The minimum atomic E-state index is -0.293. The molecule has 0 saturated heterocycles. The molecule has 0 unspecified atom stereocenters. The number of hydrogen-bond acceptors (Lipinski definition) is 2. The van der Waals surface area contributed by atoms with Crippen molar-refractivity contribution in [2.24, 2.45) is 0 Å². The molecule has 0 aliphatic rings. The van der Waals surface area contributed by atoms with Gasteiger partial charge in [-0.3, -0.25) is 0 Å². The summed E-state index contributed by atoms with van der Waals surface area (Å²) < 4.78 is 13.2. The van der Waals surface area contributed by atoms with Gasteiger partial charge >= 0.3 is 0 Å². The Bertz CT molecular complexity index is 445. The van der Waals surface area contributed by atoms with Gasteiger partial charge < -0.3 is 0 Å². The zero-order chi connectivity index (χ0) is 9.26. The van der Waals surface area contributed by atoms with Crippen LogP contribution in [0.1, 0.15) is 5.56 Å². The van der Waals surface area contributed by atoms with Crippen LogP contribution in [0.4, 0.5) is 4.39 Å². The van der Waals surface area contributed by atoms with Crippen molar-refractivity contribution in [3.05, 3.63) is 35.9 Å². The monoisotopic (exact) mass is 196 g/mol. The molecule has 4 heteroatoms. The summed E-state index contributed by atoms with van der Waals surface area (Å²) in [6, 6.07) is 3.05. The molecule has 2 rings (SSSR count). The molecule has 1 heterocycles. The van der Waals surface area contributed by atoms with Crippen LogP contribution in [0.2, 0.25) is 0 Å². The Morgan fingerprint density at radius 2 is 1.85 bits per heavy atom. The predicted molar refractivity (Wildman–Crippen MR) is 49.1 cm³/mol. The molecule has 1 aromatic carbocycles. The summed E-state index contributed by atoms with van der Waals surface area (Å²) in [5.74, 6) is 0.0569. The molecule has 0 radical (unpaired) electrons.